The van der Waals surface area contributed by atoms with Crippen molar-refractivity contribution in [2.24, 2.45) is 7.05 Å². The molecule has 0 bridgehead atoms. The van der Waals surface area contributed by atoms with Gasteiger partial charge < -0.3 is 14.8 Å². The summed E-state index contributed by atoms with van der Waals surface area (Å²) in [5.41, 5.74) is 3.87. The molecule has 28 heavy (non-hydrogen) atoms. The van der Waals surface area contributed by atoms with Gasteiger partial charge in [-0.25, -0.2) is 0 Å². The second-order valence-electron chi connectivity index (χ2n) is 7.46. The number of piperazine rings is 1. The van der Waals surface area contributed by atoms with E-state index >= 15 is 0 Å². The number of hydrogen-bond acceptors (Lipinski definition) is 6. The zero-order chi connectivity index (χ0) is 19.7. The smallest absolute Gasteiger partial charge is 0.238 e. The number of benzene rings is 1. The van der Waals surface area contributed by atoms with Crippen LogP contribution < -0.4 is 14.8 Å². The lowest BCUT2D eigenvalue weighted by molar-refractivity contribution is -0.117. The first-order chi connectivity index (χ1) is 13.5. The minimum absolute atomic E-state index is 0.0171. The molecule has 1 N–H and O–H groups in total. The standard InChI is InChI=1S/C20H27N5O3/c1-14-20(15(2)23(3)22-14)21-19(26)12-25-8-6-24(7-9-25)11-16-4-5-17-18(10-16)28-13-27-17/h4-5,10H,6-9,11-13H2,1-3H3,(H,21,26). The quantitative estimate of drug-likeness (QED) is 0.842. The molecule has 0 spiro atoms. The van der Waals surface area contributed by atoms with Crippen molar-refractivity contribution in [2.75, 3.05) is 44.8 Å². The van der Waals surface area contributed by atoms with Crippen LogP contribution in [0.5, 0.6) is 11.5 Å². The summed E-state index contributed by atoms with van der Waals surface area (Å²) >= 11 is 0. The molecule has 2 aromatic rings. The molecule has 1 aromatic heterocycles. The lowest BCUT2D eigenvalue weighted by atomic mass is 10.1. The van der Waals surface area contributed by atoms with E-state index in [2.05, 4.69) is 32.3 Å². The average Bonchev–Trinajstić information content (AvgIpc) is 3.23. The Morgan fingerprint density at radius 3 is 2.54 bits per heavy atom. The number of nitrogens with zero attached hydrogens (tertiary/aromatic N) is 4. The van der Waals surface area contributed by atoms with E-state index in [1.54, 1.807) is 4.68 Å². The number of hydrogen-bond donors (Lipinski definition) is 1. The van der Waals surface area contributed by atoms with E-state index in [0.29, 0.717) is 13.3 Å². The molecular weight excluding hydrogens is 358 g/mol. The van der Waals surface area contributed by atoms with Crippen LogP contribution in [0.25, 0.3) is 0 Å². The fraction of sp³-hybridized carbons (Fsp3) is 0.500. The molecular formula is C20H27N5O3. The van der Waals surface area contributed by atoms with Gasteiger partial charge in [0.05, 0.1) is 23.6 Å². The zero-order valence-corrected chi connectivity index (χ0v) is 16.7. The molecule has 0 aliphatic carbocycles. The molecule has 1 aromatic carbocycles. The summed E-state index contributed by atoms with van der Waals surface area (Å²) in [5, 5.41) is 7.37. The monoisotopic (exact) mass is 385 g/mol. The van der Waals surface area contributed by atoms with Crippen molar-refractivity contribution in [3.05, 3.63) is 35.2 Å². The van der Waals surface area contributed by atoms with Crippen molar-refractivity contribution in [3.63, 3.8) is 0 Å². The van der Waals surface area contributed by atoms with Crippen molar-refractivity contribution >= 4 is 11.6 Å². The van der Waals surface area contributed by atoms with Gasteiger partial charge in [-0.15, -0.1) is 0 Å². The molecule has 0 radical (unpaired) electrons. The minimum atomic E-state index is 0.0171. The Kier molecular flexibility index (Phi) is 5.23. The van der Waals surface area contributed by atoms with Crippen LogP contribution in [0.2, 0.25) is 0 Å². The molecule has 8 heteroatoms. The maximum absolute atomic E-state index is 12.4. The van der Waals surface area contributed by atoms with Gasteiger partial charge in [-0.3, -0.25) is 19.3 Å². The highest BCUT2D eigenvalue weighted by Crippen LogP contribution is 2.32. The Balaban J connectivity index is 1.25. The average molecular weight is 385 g/mol. The van der Waals surface area contributed by atoms with Crippen molar-refractivity contribution in [2.45, 2.75) is 20.4 Å². The number of aromatic nitrogens is 2. The normalized spacial score (nSPS) is 17.1. The molecule has 2 aliphatic heterocycles. The van der Waals surface area contributed by atoms with Crippen LogP contribution in [-0.4, -0.2) is 65.0 Å². The molecule has 0 saturated carbocycles. The van der Waals surface area contributed by atoms with Gasteiger partial charge in [0.2, 0.25) is 12.7 Å². The molecule has 3 heterocycles. The largest absolute Gasteiger partial charge is 0.454 e. The topological polar surface area (TPSA) is 71.9 Å². The summed E-state index contributed by atoms with van der Waals surface area (Å²) in [7, 11) is 1.89. The van der Waals surface area contributed by atoms with Crippen molar-refractivity contribution < 1.29 is 14.3 Å². The predicted octanol–water partition coefficient (Wildman–Crippen LogP) is 1.52. The number of ether oxygens (including phenoxy) is 2. The second kappa shape index (κ2) is 7.81. The number of carbonyl (C=O) groups excluding carboxylic acids is 1. The fourth-order valence-corrected chi connectivity index (χ4v) is 3.74. The number of carbonyl (C=O) groups is 1. The summed E-state index contributed by atoms with van der Waals surface area (Å²) in [5.74, 6) is 1.66. The lowest BCUT2D eigenvalue weighted by Crippen LogP contribution is -2.48. The lowest BCUT2D eigenvalue weighted by Gasteiger charge is -2.34. The zero-order valence-electron chi connectivity index (χ0n) is 16.7. The Labute approximate surface area is 165 Å². The Morgan fingerprint density at radius 1 is 1.11 bits per heavy atom. The Bertz CT molecular complexity index is 871. The van der Waals surface area contributed by atoms with Crippen LogP contribution in [0.1, 0.15) is 17.0 Å². The van der Waals surface area contributed by atoms with Gasteiger partial charge in [0.1, 0.15) is 0 Å². The van der Waals surface area contributed by atoms with E-state index in [-0.39, 0.29) is 5.91 Å². The van der Waals surface area contributed by atoms with Crippen LogP contribution in [0.3, 0.4) is 0 Å². The van der Waals surface area contributed by atoms with Gasteiger partial charge in [0.15, 0.2) is 11.5 Å². The summed E-state index contributed by atoms with van der Waals surface area (Å²) in [6, 6.07) is 6.12. The summed E-state index contributed by atoms with van der Waals surface area (Å²) < 4.78 is 12.6. The molecule has 0 unspecified atom stereocenters. The highest BCUT2D eigenvalue weighted by atomic mass is 16.7. The van der Waals surface area contributed by atoms with E-state index in [9.17, 15) is 4.79 Å². The van der Waals surface area contributed by atoms with E-state index in [4.69, 9.17) is 9.47 Å². The highest BCUT2D eigenvalue weighted by Gasteiger charge is 2.21. The third-order valence-corrected chi connectivity index (χ3v) is 5.45. The van der Waals surface area contributed by atoms with Gasteiger partial charge >= 0.3 is 0 Å². The number of fused-ring (bicyclic) bond motifs is 1. The third-order valence-electron chi connectivity index (χ3n) is 5.45. The second-order valence-corrected chi connectivity index (χ2v) is 7.46. The first-order valence-corrected chi connectivity index (χ1v) is 9.63. The van der Waals surface area contributed by atoms with Crippen LogP contribution in [0.15, 0.2) is 18.2 Å². The summed E-state index contributed by atoms with van der Waals surface area (Å²) in [6.07, 6.45) is 0. The number of nitrogens with one attached hydrogen (secondary N) is 1. The van der Waals surface area contributed by atoms with Crippen LogP contribution in [0.4, 0.5) is 5.69 Å². The Morgan fingerprint density at radius 2 is 1.82 bits per heavy atom. The van der Waals surface area contributed by atoms with Crippen molar-refractivity contribution in [1.82, 2.24) is 19.6 Å². The molecule has 1 amide bonds. The maximum Gasteiger partial charge on any atom is 0.238 e. The number of amides is 1. The number of rotatable bonds is 5. The molecule has 1 fully saturated rings. The van der Waals surface area contributed by atoms with E-state index < -0.39 is 0 Å². The number of aryl methyl sites for hydroxylation is 2. The molecule has 150 valence electrons. The maximum atomic E-state index is 12.4. The molecule has 1 saturated heterocycles. The van der Waals surface area contributed by atoms with Gasteiger partial charge in [0, 0.05) is 39.8 Å². The first-order valence-electron chi connectivity index (χ1n) is 9.63. The summed E-state index contributed by atoms with van der Waals surface area (Å²) in [6.45, 7) is 9.10. The van der Waals surface area contributed by atoms with E-state index in [1.807, 2.05) is 27.0 Å². The van der Waals surface area contributed by atoms with Crippen molar-refractivity contribution in [1.29, 1.82) is 0 Å². The molecule has 4 rings (SSSR count). The van der Waals surface area contributed by atoms with E-state index in [0.717, 1.165) is 61.3 Å². The van der Waals surface area contributed by atoms with Crippen molar-refractivity contribution in [3.8, 4) is 11.5 Å². The van der Waals surface area contributed by atoms with Gasteiger partial charge in [0.25, 0.3) is 0 Å². The molecule has 8 nitrogen and oxygen atoms in total. The Hall–Kier alpha value is -2.58. The van der Waals surface area contributed by atoms with Gasteiger partial charge in [-0.05, 0) is 31.5 Å². The SMILES string of the molecule is Cc1nn(C)c(C)c1NC(=O)CN1CCN(Cc2ccc3c(c2)OCO3)CC1. The van der Waals surface area contributed by atoms with E-state index in [1.165, 1.54) is 5.56 Å². The predicted molar refractivity (Wildman–Crippen MR) is 106 cm³/mol. The van der Waals surface area contributed by atoms with Crippen LogP contribution in [-0.2, 0) is 18.4 Å². The fourth-order valence-electron chi connectivity index (χ4n) is 3.74. The van der Waals surface area contributed by atoms with Crippen LogP contribution >= 0.6 is 0 Å². The third kappa shape index (κ3) is 3.98. The molecule has 2 aliphatic rings. The minimum Gasteiger partial charge on any atom is -0.454 e. The first kappa shape index (κ1) is 18.8. The molecule has 0 atom stereocenters. The summed E-state index contributed by atoms with van der Waals surface area (Å²) in [4.78, 5) is 17.1. The van der Waals surface area contributed by atoms with Crippen LogP contribution in [0, 0.1) is 13.8 Å². The van der Waals surface area contributed by atoms with Gasteiger partial charge in [-0.2, -0.15) is 5.10 Å². The highest BCUT2D eigenvalue weighted by molar-refractivity contribution is 5.93. The number of anilines is 1. The van der Waals surface area contributed by atoms with Gasteiger partial charge in [-0.1, -0.05) is 6.07 Å².